The van der Waals surface area contributed by atoms with E-state index in [1.807, 2.05) is 0 Å². The van der Waals surface area contributed by atoms with Crippen molar-refractivity contribution in [3.63, 3.8) is 0 Å². The third-order valence-corrected chi connectivity index (χ3v) is 2.87. The summed E-state index contributed by atoms with van der Waals surface area (Å²) in [6.45, 7) is 1.55. The van der Waals surface area contributed by atoms with Crippen molar-refractivity contribution < 1.29 is 22.0 Å². The minimum absolute atomic E-state index is 0.621. The molecule has 20 heavy (non-hydrogen) atoms. The quantitative estimate of drug-likeness (QED) is 0.496. The summed E-state index contributed by atoms with van der Waals surface area (Å²) in [5.74, 6) is -9.84. The molecule has 0 bridgehead atoms. The highest BCUT2D eigenvalue weighted by atomic mass is 19.2. The van der Waals surface area contributed by atoms with Crippen LogP contribution in [0.5, 0.6) is 0 Å². The molecule has 6 heteroatoms. The van der Waals surface area contributed by atoms with Gasteiger partial charge in [-0.15, -0.1) is 0 Å². The van der Waals surface area contributed by atoms with Crippen LogP contribution in [-0.4, -0.2) is 0 Å². The van der Waals surface area contributed by atoms with Crippen molar-refractivity contribution in [3.8, 4) is 0 Å². The zero-order valence-electron chi connectivity index (χ0n) is 10.4. The maximum absolute atomic E-state index is 13.5. The summed E-state index contributed by atoms with van der Waals surface area (Å²) in [6.07, 6.45) is 0. The summed E-state index contributed by atoms with van der Waals surface area (Å²) in [4.78, 5) is 0. The first-order valence-electron chi connectivity index (χ1n) is 5.76. The van der Waals surface area contributed by atoms with E-state index in [9.17, 15) is 22.0 Å². The predicted molar refractivity (Wildman–Crippen MR) is 64.7 cm³/mol. The van der Waals surface area contributed by atoms with Gasteiger partial charge in [0.2, 0.25) is 5.82 Å². The Morgan fingerprint density at radius 2 is 1.20 bits per heavy atom. The third kappa shape index (κ3) is 2.45. The molecule has 0 aliphatic carbocycles. The predicted octanol–water partition coefficient (Wildman–Crippen LogP) is 4.56. The van der Waals surface area contributed by atoms with Crippen LogP contribution in [0, 0.1) is 29.1 Å². The lowest BCUT2D eigenvalue weighted by atomic mass is 10.1. The first-order chi connectivity index (χ1) is 9.43. The lowest BCUT2D eigenvalue weighted by Crippen LogP contribution is -2.13. The lowest BCUT2D eigenvalue weighted by molar-refractivity contribution is 0.381. The molecule has 2 rings (SSSR count). The van der Waals surface area contributed by atoms with Gasteiger partial charge in [0.05, 0.1) is 0 Å². The maximum atomic E-state index is 13.5. The lowest BCUT2D eigenvalue weighted by Gasteiger charge is -2.17. The van der Waals surface area contributed by atoms with Crippen LogP contribution in [0.15, 0.2) is 30.3 Å². The molecule has 0 fully saturated rings. The molecule has 0 aromatic heterocycles. The number of hydrogen-bond acceptors (Lipinski definition) is 1. The van der Waals surface area contributed by atoms with Gasteiger partial charge in [0, 0.05) is 6.04 Å². The van der Waals surface area contributed by atoms with E-state index in [0.29, 0.717) is 5.56 Å². The second kappa shape index (κ2) is 5.48. The van der Waals surface area contributed by atoms with Gasteiger partial charge >= 0.3 is 0 Å². The zero-order valence-corrected chi connectivity index (χ0v) is 10.4. The maximum Gasteiger partial charge on any atom is 0.200 e. The highest BCUT2D eigenvalue weighted by Gasteiger charge is 2.26. The van der Waals surface area contributed by atoms with Crippen LogP contribution in [0.4, 0.5) is 27.6 Å². The molecular weight excluding hydrogens is 277 g/mol. The molecule has 1 atom stereocenters. The van der Waals surface area contributed by atoms with Crippen LogP contribution in [-0.2, 0) is 0 Å². The fraction of sp³-hybridized carbons (Fsp3) is 0.143. The van der Waals surface area contributed by atoms with E-state index < -0.39 is 40.8 Å². The van der Waals surface area contributed by atoms with Gasteiger partial charge in [0.1, 0.15) is 5.69 Å². The van der Waals surface area contributed by atoms with Gasteiger partial charge in [-0.2, -0.15) is 0 Å². The summed E-state index contributed by atoms with van der Waals surface area (Å²) in [7, 11) is 0. The first kappa shape index (κ1) is 14.3. The molecule has 0 saturated heterocycles. The fourth-order valence-corrected chi connectivity index (χ4v) is 1.77. The van der Waals surface area contributed by atoms with Gasteiger partial charge in [0.25, 0.3) is 0 Å². The van der Waals surface area contributed by atoms with Crippen molar-refractivity contribution in [2.45, 2.75) is 13.0 Å². The van der Waals surface area contributed by atoms with Crippen molar-refractivity contribution in [2.75, 3.05) is 5.32 Å². The molecule has 0 aliphatic heterocycles. The van der Waals surface area contributed by atoms with Crippen LogP contribution < -0.4 is 5.32 Å². The molecule has 106 valence electrons. The normalized spacial score (nSPS) is 12.3. The Morgan fingerprint density at radius 1 is 0.750 bits per heavy atom. The smallest absolute Gasteiger partial charge is 0.200 e. The average Bonchev–Trinajstić information content (AvgIpc) is 2.48. The highest BCUT2D eigenvalue weighted by Crippen LogP contribution is 2.29. The van der Waals surface area contributed by atoms with E-state index in [0.717, 1.165) is 0 Å². The summed E-state index contributed by atoms with van der Waals surface area (Å²) >= 11 is 0. The summed E-state index contributed by atoms with van der Waals surface area (Å²) in [5.41, 5.74) is -0.380. The number of benzene rings is 2. The number of hydrogen-bond donors (Lipinski definition) is 1. The van der Waals surface area contributed by atoms with Crippen LogP contribution in [0.25, 0.3) is 0 Å². The van der Waals surface area contributed by atoms with E-state index in [-0.39, 0.29) is 0 Å². The molecule has 0 aliphatic rings. The van der Waals surface area contributed by atoms with E-state index in [1.165, 1.54) is 0 Å². The Balaban J connectivity index is 2.40. The minimum atomic E-state index is -2.17. The number of anilines is 1. The van der Waals surface area contributed by atoms with E-state index in [2.05, 4.69) is 5.32 Å². The molecule has 1 unspecified atom stereocenters. The second-order valence-electron chi connectivity index (χ2n) is 4.22. The molecule has 0 saturated carbocycles. The average molecular weight is 287 g/mol. The Hall–Kier alpha value is -2.11. The number of nitrogens with one attached hydrogen (secondary N) is 1. The van der Waals surface area contributed by atoms with Crippen molar-refractivity contribution >= 4 is 5.69 Å². The van der Waals surface area contributed by atoms with Gasteiger partial charge in [-0.25, -0.2) is 22.0 Å². The first-order valence-corrected chi connectivity index (χ1v) is 5.76. The Kier molecular flexibility index (Phi) is 3.92. The van der Waals surface area contributed by atoms with Crippen molar-refractivity contribution in [1.29, 1.82) is 0 Å². The molecule has 0 amide bonds. The van der Waals surface area contributed by atoms with Gasteiger partial charge in [-0.05, 0) is 12.5 Å². The largest absolute Gasteiger partial charge is 0.374 e. The molecule has 0 radical (unpaired) electrons. The SMILES string of the molecule is CC(Nc1c(F)c(F)c(F)c(F)c1F)c1ccccc1. The Bertz CT molecular complexity index is 598. The van der Waals surface area contributed by atoms with Crippen LogP contribution >= 0.6 is 0 Å². The molecule has 1 nitrogen and oxygen atoms in total. The molecular formula is C14H10F5N. The summed E-state index contributed by atoms with van der Waals surface area (Å²) in [5, 5.41) is 2.31. The summed E-state index contributed by atoms with van der Waals surface area (Å²) in [6, 6.07) is 7.87. The van der Waals surface area contributed by atoms with Gasteiger partial charge in [-0.3, -0.25) is 0 Å². The van der Waals surface area contributed by atoms with E-state index >= 15 is 0 Å². The van der Waals surface area contributed by atoms with Crippen molar-refractivity contribution in [3.05, 3.63) is 65.0 Å². The monoisotopic (exact) mass is 287 g/mol. The summed E-state index contributed by atoms with van der Waals surface area (Å²) < 4.78 is 66.0. The van der Waals surface area contributed by atoms with Gasteiger partial charge < -0.3 is 5.32 Å². The molecule has 2 aromatic carbocycles. The van der Waals surface area contributed by atoms with E-state index in [4.69, 9.17) is 0 Å². The van der Waals surface area contributed by atoms with Crippen LogP contribution in [0.1, 0.15) is 18.5 Å². The number of rotatable bonds is 3. The molecule has 1 N–H and O–H groups in total. The van der Waals surface area contributed by atoms with Crippen molar-refractivity contribution in [2.24, 2.45) is 0 Å². The number of halogens is 5. The second-order valence-corrected chi connectivity index (χ2v) is 4.22. The fourth-order valence-electron chi connectivity index (χ4n) is 1.77. The topological polar surface area (TPSA) is 12.0 Å². The van der Waals surface area contributed by atoms with Gasteiger partial charge in [0.15, 0.2) is 23.3 Å². The Morgan fingerprint density at radius 3 is 1.70 bits per heavy atom. The standard InChI is InChI=1S/C14H10F5N/c1-7(8-5-3-2-4-6-8)20-14-12(18)10(16)9(15)11(17)13(14)19/h2-7,20H,1H3. The Labute approximate surface area is 112 Å². The van der Waals surface area contributed by atoms with Gasteiger partial charge in [-0.1, -0.05) is 30.3 Å². The highest BCUT2D eigenvalue weighted by molar-refractivity contribution is 5.49. The molecule has 0 spiro atoms. The van der Waals surface area contributed by atoms with Crippen LogP contribution in [0.3, 0.4) is 0 Å². The molecule has 2 aromatic rings. The van der Waals surface area contributed by atoms with Crippen LogP contribution in [0.2, 0.25) is 0 Å². The minimum Gasteiger partial charge on any atom is -0.374 e. The van der Waals surface area contributed by atoms with E-state index in [1.54, 1.807) is 37.3 Å². The zero-order chi connectivity index (χ0) is 14.9. The van der Waals surface area contributed by atoms with Crippen molar-refractivity contribution in [1.82, 2.24) is 0 Å². The third-order valence-electron chi connectivity index (χ3n) is 2.87. The molecule has 0 heterocycles.